The second kappa shape index (κ2) is 6.55. The molecule has 0 saturated carbocycles. The second-order valence-electron chi connectivity index (χ2n) is 5.84. The first kappa shape index (κ1) is 16.8. The lowest BCUT2D eigenvalue weighted by molar-refractivity contribution is 0.102. The molecule has 0 spiro atoms. The SMILES string of the molecule is Cc1onc(-c2ccccc2Cl)c1C(=O)Nc1nc2c(C)cccc2s1. The number of para-hydroxylation sites is 1. The fourth-order valence-corrected chi connectivity index (χ4v) is 3.94. The molecule has 5 nitrogen and oxygen atoms in total. The molecule has 4 aromatic rings. The van der Waals surface area contributed by atoms with E-state index in [1.54, 1.807) is 19.1 Å². The molecule has 26 heavy (non-hydrogen) atoms. The van der Waals surface area contributed by atoms with Gasteiger partial charge in [0.15, 0.2) is 5.13 Å². The largest absolute Gasteiger partial charge is 0.360 e. The van der Waals surface area contributed by atoms with Gasteiger partial charge in [-0.3, -0.25) is 10.1 Å². The number of hydrogen-bond donors (Lipinski definition) is 1. The summed E-state index contributed by atoms with van der Waals surface area (Å²) < 4.78 is 6.28. The summed E-state index contributed by atoms with van der Waals surface area (Å²) in [7, 11) is 0. The van der Waals surface area contributed by atoms with Gasteiger partial charge in [-0.05, 0) is 31.5 Å². The number of fused-ring (bicyclic) bond motifs is 1. The van der Waals surface area contributed by atoms with E-state index in [2.05, 4.69) is 15.5 Å². The summed E-state index contributed by atoms with van der Waals surface area (Å²) in [6.45, 7) is 3.69. The van der Waals surface area contributed by atoms with Crippen LogP contribution < -0.4 is 5.32 Å². The number of carbonyl (C=O) groups is 1. The Morgan fingerprint density at radius 1 is 1.15 bits per heavy atom. The van der Waals surface area contributed by atoms with Gasteiger partial charge in [-0.15, -0.1) is 0 Å². The molecule has 7 heteroatoms. The Balaban J connectivity index is 1.71. The van der Waals surface area contributed by atoms with Crippen LogP contribution in [-0.4, -0.2) is 16.0 Å². The summed E-state index contributed by atoms with van der Waals surface area (Å²) in [5.74, 6) is 0.102. The third-order valence-corrected chi connectivity index (χ3v) is 5.33. The first-order chi connectivity index (χ1) is 12.5. The highest BCUT2D eigenvalue weighted by atomic mass is 35.5. The molecule has 130 valence electrons. The normalized spacial score (nSPS) is 11.0. The molecule has 2 aromatic carbocycles. The van der Waals surface area contributed by atoms with E-state index in [0.29, 0.717) is 32.7 Å². The highest BCUT2D eigenvalue weighted by molar-refractivity contribution is 7.22. The van der Waals surface area contributed by atoms with Crippen LogP contribution in [0.3, 0.4) is 0 Å². The smallest absolute Gasteiger partial charge is 0.263 e. The number of halogens is 1. The first-order valence-electron chi connectivity index (χ1n) is 7.93. The van der Waals surface area contributed by atoms with Gasteiger partial charge in [0.25, 0.3) is 5.91 Å². The number of benzene rings is 2. The van der Waals surface area contributed by atoms with Gasteiger partial charge in [0, 0.05) is 5.56 Å². The van der Waals surface area contributed by atoms with Gasteiger partial charge in [0.1, 0.15) is 17.0 Å². The Morgan fingerprint density at radius 3 is 2.73 bits per heavy atom. The predicted molar refractivity (Wildman–Crippen MR) is 104 cm³/mol. The average molecular weight is 384 g/mol. The second-order valence-corrected chi connectivity index (χ2v) is 7.27. The lowest BCUT2D eigenvalue weighted by Crippen LogP contribution is -2.13. The van der Waals surface area contributed by atoms with Crippen LogP contribution in [0.15, 0.2) is 47.0 Å². The molecule has 0 aliphatic carbocycles. The number of aryl methyl sites for hydroxylation is 2. The quantitative estimate of drug-likeness (QED) is 0.509. The molecule has 0 radical (unpaired) electrons. The number of rotatable bonds is 3. The lowest BCUT2D eigenvalue weighted by Gasteiger charge is -2.04. The molecule has 1 amide bonds. The van der Waals surface area contributed by atoms with E-state index in [4.69, 9.17) is 16.1 Å². The predicted octanol–water partition coefficient (Wildman–Crippen LogP) is 5.47. The van der Waals surface area contributed by atoms with Crippen LogP contribution in [0.2, 0.25) is 5.02 Å². The molecular weight excluding hydrogens is 370 g/mol. The number of nitrogens with one attached hydrogen (secondary N) is 1. The summed E-state index contributed by atoms with van der Waals surface area (Å²) >= 11 is 7.68. The summed E-state index contributed by atoms with van der Waals surface area (Å²) in [5.41, 5.74) is 3.38. The maximum absolute atomic E-state index is 12.9. The van der Waals surface area contributed by atoms with Crippen molar-refractivity contribution < 1.29 is 9.32 Å². The van der Waals surface area contributed by atoms with Gasteiger partial charge in [-0.1, -0.05) is 58.4 Å². The summed E-state index contributed by atoms with van der Waals surface area (Å²) in [4.78, 5) is 17.4. The summed E-state index contributed by atoms with van der Waals surface area (Å²) in [5, 5.41) is 7.92. The van der Waals surface area contributed by atoms with Crippen LogP contribution in [0.4, 0.5) is 5.13 Å². The molecule has 0 atom stereocenters. The van der Waals surface area contributed by atoms with Crippen molar-refractivity contribution in [3.63, 3.8) is 0 Å². The number of carbonyl (C=O) groups excluding carboxylic acids is 1. The minimum Gasteiger partial charge on any atom is -0.360 e. The first-order valence-corrected chi connectivity index (χ1v) is 9.12. The van der Waals surface area contributed by atoms with Crippen molar-refractivity contribution in [3.05, 3.63) is 64.4 Å². The van der Waals surface area contributed by atoms with Gasteiger partial charge >= 0.3 is 0 Å². The average Bonchev–Trinajstić information content (AvgIpc) is 3.19. The van der Waals surface area contributed by atoms with Gasteiger partial charge in [0.2, 0.25) is 0 Å². The van der Waals surface area contributed by atoms with E-state index in [9.17, 15) is 4.79 Å². The van der Waals surface area contributed by atoms with Crippen molar-refractivity contribution in [2.24, 2.45) is 0 Å². The molecule has 0 aliphatic heterocycles. The maximum atomic E-state index is 12.9. The number of anilines is 1. The molecule has 1 N–H and O–H groups in total. The van der Waals surface area contributed by atoms with E-state index in [1.807, 2.05) is 37.3 Å². The molecule has 0 fully saturated rings. The zero-order chi connectivity index (χ0) is 18.3. The van der Waals surface area contributed by atoms with Crippen molar-refractivity contribution in [1.82, 2.24) is 10.1 Å². The Hall–Kier alpha value is -2.70. The van der Waals surface area contributed by atoms with Crippen molar-refractivity contribution in [1.29, 1.82) is 0 Å². The van der Waals surface area contributed by atoms with E-state index < -0.39 is 0 Å². The van der Waals surface area contributed by atoms with Crippen molar-refractivity contribution in [3.8, 4) is 11.3 Å². The molecule has 0 bridgehead atoms. The molecule has 0 unspecified atom stereocenters. The lowest BCUT2D eigenvalue weighted by atomic mass is 10.1. The topological polar surface area (TPSA) is 68.0 Å². The third kappa shape index (κ3) is 2.87. The number of thiazole rings is 1. The minimum absolute atomic E-state index is 0.324. The van der Waals surface area contributed by atoms with Crippen LogP contribution in [0, 0.1) is 13.8 Å². The van der Waals surface area contributed by atoms with E-state index in [-0.39, 0.29) is 5.91 Å². The van der Waals surface area contributed by atoms with Gasteiger partial charge in [-0.2, -0.15) is 0 Å². The fourth-order valence-electron chi connectivity index (χ4n) is 2.78. The standard InChI is InChI=1S/C19H14ClN3O2S/c1-10-6-5-9-14-16(10)21-19(26-14)22-18(24)15-11(2)25-23-17(15)12-7-3-4-8-13(12)20/h3-9H,1-2H3,(H,21,22,24). The molecular formula is C19H14ClN3O2S. The number of aromatic nitrogens is 2. The van der Waals surface area contributed by atoms with Gasteiger partial charge in [0.05, 0.1) is 15.2 Å². The van der Waals surface area contributed by atoms with Crippen molar-refractivity contribution in [2.75, 3.05) is 5.32 Å². The maximum Gasteiger partial charge on any atom is 0.263 e. The Bertz CT molecular complexity index is 1130. The van der Waals surface area contributed by atoms with Crippen molar-refractivity contribution in [2.45, 2.75) is 13.8 Å². The zero-order valence-corrected chi connectivity index (χ0v) is 15.6. The number of amides is 1. The van der Waals surface area contributed by atoms with Gasteiger partial charge in [-0.25, -0.2) is 4.98 Å². The third-order valence-electron chi connectivity index (χ3n) is 4.06. The minimum atomic E-state index is -0.324. The monoisotopic (exact) mass is 383 g/mol. The molecule has 2 aromatic heterocycles. The molecule has 4 rings (SSSR count). The Labute approximate surface area is 158 Å². The highest BCUT2D eigenvalue weighted by Crippen LogP contribution is 2.33. The van der Waals surface area contributed by atoms with Crippen LogP contribution >= 0.6 is 22.9 Å². The zero-order valence-electron chi connectivity index (χ0n) is 14.0. The molecule has 0 aliphatic rings. The van der Waals surface area contributed by atoms with E-state index in [1.165, 1.54) is 11.3 Å². The number of nitrogens with zero attached hydrogens (tertiary/aromatic N) is 2. The Morgan fingerprint density at radius 2 is 1.96 bits per heavy atom. The number of hydrogen-bond acceptors (Lipinski definition) is 5. The van der Waals surface area contributed by atoms with E-state index >= 15 is 0 Å². The van der Waals surface area contributed by atoms with Crippen molar-refractivity contribution >= 4 is 44.2 Å². The molecule has 2 heterocycles. The molecule has 0 saturated heterocycles. The van der Waals surface area contributed by atoms with E-state index in [0.717, 1.165) is 15.8 Å². The van der Waals surface area contributed by atoms with Crippen LogP contribution in [-0.2, 0) is 0 Å². The Kier molecular flexibility index (Phi) is 4.22. The van der Waals surface area contributed by atoms with Gasteiger partial charge < -0.3 is 4.52 Å². The van der Waals surface area contributed by atoms with Crippen LogP contribution in [0.25, 0.3) is 21.5 Å². The van der Waals surface area contributed by atoms with Crippen LogP contribution in [0.5, 0.6) is 0 Å². The summed E-state index contributed by atoms with van der Waals surface area (Å²) in [6.07, 6.45) is 0. The van der Waals surface area contributed by atoms with Crippen LogP contribution in [0.1, 0.15) is 21.7 Å². The summed E-state index contributed by atoms with van der Waals surface area (Å²) in [6, 6.07) is 13.2. The fraction of sp³-hybridized carbons (Fsp3) is 0.105. The highest BCUT2D eigenvalue weighted by Gasteiger charge is 2.24.